The molecule has 6 heteroatoms. The van der Waals surface area contributed by atoms with Crippen molar-refractivity contribution in [2.45, 2.75) is 0 Å². The molecule has 0 aromatic carbocycles. The fourth-order valence-electron chi connectivity index (χ4n) is 0. The van der Waals surface area contributed by atoms with E-state index in [1.54, 1.807) is 0 Å². The first-order chi connectivity index (χ1) is 3.00. The summed E-state index contributed by atoms with van der Waals surface area (Å²) in [6.45, 7) is 0. The predicted molar refractivity (Wildman–Crippen MR) is 17.8 cm³/mol. The normalized spacial score (nSPS) is 2.17. The van der Waals surface area contributed by atoms with Crippen LogP contribution in [0.5, 0.6) is 0 Å². The molecule has 0 saturated carbocycles. The van der Waals surface area contributed by atoms with E-state index in [2.05, 4.69) is 0 Å². The van der Waals surface area contributed by atoms with Crippen LogP contribution >= 0.6 is 0 Å². The topological polar surface area (TPSA) is 51.2 Å². The Morgan fingerprint density at radius 2 is 1.17 bits per heavy atom. The average Bonchev–Trinajstić information content (AvgIpc) is 1.81. The van der Waals surface area contributed by atoms with Crippen LogP contribution in [0.1, 0.15) is 0 Å². The van der Waals surface area contributed by atoms with Crippen molar-refractivity contribution in [2.75, 3.05) is 0 Å². The van der Waals surface area contributed by atoms with Crippen LogP contribution in [-0.4, -0.2) is 26.4 Å². The quantitative estimate of drug-likeness (QED) is 0.399. The van der Waals surface area contributed by atoms with Gasteiger partial charge in [-0.2, -0.15) is 0 Å². The van der Waals surface area contributed by atoms with Crippen molar-refractivity contribution in [3.05, 3.63) is 0 Å². The van der Waals surface area contributed by atoms with Crippen molar-refractivity contribution in [2.24, 2.45) is 0 Å². The van der Waals surface area contributed by atoms with E-state index in [9.17, 15) is 0 Å². The zero-order chi connectivity index (χ0) is 6.00. The molecule has 0 bridgehead atoms. The molecule has 3 nitrogen and oxygen atoms in total. The van der Waals surface area contributed by atoms with Gasteiger partial charge < -0.3 is 4.46 Å². The van der Waals surface area contributed by atoms with E-state index < -0.39 is 0 Å². The molecule has 0 aliphatic carbocycles. The minimum atomic E-state index is 0.125. The Kier molecular flexibility index (Phi) is 582. The second-order valence-electron chi connectivity index (χ2n) is 0. The standard InChI is InChI=1S/Al.H2OSi.2O.Zn.H/c;1-2;;;;/h;2H2;;;;. The molecule has 30 valence electrons. The zero-order valence-corrected chi connectivity index (χ0v) is 9.14. The van der Waals surface area contributed by atoms with E-state index in [1.165, 1.54) is 0 Å². The summed E-state index contributed by atoms with van der Waals surface area (Å²) in [6.07, 6.45) is 0. The van der Waals surface area contributed by atoms with Crippen molar-refractivity contribution in [1.82, 2.24) is 0 Å². The van der Waals surface area contributed by atoms with E-state index in [0.29, 0.717) is 26.4 Å². The van der Waals surface area contributed by atoms with Gasteiger partial charge in [-0.25, -0.2) is 0 Å². The number of rotatable bonds is 0. The molecular weight excluding hydrogens is 168 g/mol. The van der Waals surface area contributed by atoms with Gasteiger partial charge in [0.05, 0.1) is 0 Å². The van der Waals surface area contributed by atoms with Gasteiger partial charge in [-0.1, -0.05) is 0 Å². The fraction of sp³-hybridized carbons (Fsp3) is 0. The second-order valence-corrected chi connectivity index (χ2v) is 0. The summed E-state index contributed by atoms with van der Waals surface area (Å²) < 4.78 is 24.9. The van der Waals surface area contributed by atoms with Crippen LogP contribution in [-0.2, 0) is 30.1 Å². The second kappa shape index (κ2) is 220. The number of hydrogen-bond acceptors (Lipinski definition) is 3. The molecule has 6 heavy (non-hydrogen) atoms. The van der Waals surface area contributed by atoms with Crippen molar-refractivity contribution < 1.29 is 30.1 Å². The van der Waals surface area contributed by atoms with E-state index in [0.717, 1.165) is 0 Å². The molecule has 0 radical (unpaired) electrons. The van der Waals surface area contributed by atoms with Gasteiger partial charge in [0.25, 0.3) is 0 Å². The summed E-state index contributed by atoms with van der Waals surface area (Å²) in [5.41, 5.74) is 0. The molecule has 0 heterocycles. The summed E-state index contributed by atoms with van der Waals surface area (Å²) in [5.74, 6) is 0. The summed E-state index contributed by atoms with van der Waals surface area (Å²) in [7, 11) is 0.611. The monoisotopic (exact) mass is 170 g/mol. The Morgan fingerprint density at radius 1 is 1.17 bits per heavy atom. The SMILES string of the molecule is O=[SiH2].[O]=[AlH].[O]=[Zn]. The predicted octanol–water partition coefficient (Wildman–Crippen LogP) is -1.92. The maximum atomic E-state index is 8.38. The Balaban J connectivity index is -0.0000000225. The van der Waals surface area contributed by atoms with Gasteiger partial charge in [0.2, 0.25) is 10.1 Å². The molecule has 0 rings (SSSR count). The summed E-state index contributed by atoms with van der Waals surface area (Å²) in [5, 5.41) is 0. The molecule has 0 N–H and O–H groups in total. The van der Waals surface area contributed by atoms with Crippen molar-refractivity contribution >= 4 is 26.4 Å². The van der Waals surface area contributed by atoms with Crippen molar-refractivity contribution in [3.8, 4) is 0 Å². The average molecular weight is 171 g/mol. The molecule has 0 unspecified atom stereocenters. The van der Waals surface area contributed by atoms with Gasteiger partial charge in [-0.15, -0.1) is 0 Å². The van der Waals surface area contributed by atoms with E-state index in [1.807, 2.05) is 0 Å². The third-order valence-corrected chi connectivity index (χ3v) is 0. The molecule has 0 fully saturated rings. The van der Waals surface area contributed by atoms with Gasteiger partial charge in [-0.3, -0.25) is 0 Å². The van der Waals surface area contributed by atoms with Crippen LogP contribution in [0.15, 0.2) is 0 Å². The van der Waals surface area contributed by atoms with Gasteiger partial charge in [0.1, 0.15) is 0 Å². The molecule has 0 aromatic heterocycles. The van der Waals surface area contributed by atoms with Crippen molar-refractivity contribution in [3.63, 3.8) is 0 Å². The maximum absolute atomic E-state index is 8.38. The summed E-state index contributed by atoms with van der Waals surface area (Å²) >= 11 is 0.736. The van der Waals surface area contributed by atoms with E-state index in [-0.39, 0.29) is 18.3 Å². The Hall–Kier alpha value is 0.773. The van der Waals surface area contributed by atoms with Crippen LogP contribution in [0.4, 0.5) is 0 Å². The molecule has 0 spiro atoms. The van der Waals surface area contributed by atoms with Gasteiger partial charge in [0, 0.05) is 0 Å². The van der Waals surface area contributed by atoms with Gasteiger partial charge >= 0.3 is 41.9 Å². The first-order valence-corrected chi connectivity index (χ1v) is 3.23. The summed E-state index contributed by atoms with van der Waals surface area (Å²) in [4.78, 5) is 0. The summed E-state index contributed by atoms with van der Waals surface area (Å²) in [6, 6.07) is 0. The first-order valence-electron chi connectivity index (χ1n) is 0.866. The van der Waals surface area contributed by atoms with E-state index in [4.69, 9.17) is 11.8 Å². The third-order valence-electron chi connectivity index (χ3n) is 0. The zero-order valence-electron chi connectivity index (χ0n) is 3.35. The van der Waals surface area contributed by atoms with E-state index >= 15 is 0 Å². The minimum absolute atomic E-state index is 0.125. The Labute approximate surface area is 56.6 Å². The van der Waals surface area contributed by atoms with Gasteiger partial charge in [0.15, 0.2) is 0 Å². The molecule has 0 aliphatic heterocycles. The molecule has 0 saturated heterocycles. The molecular formula is H3AlO3SiZn. The fourth-order valence-corrected chi connectivity index (χ4v) is 0. The third kappa shape index (κ3) is 114. The Morgan fingerprint density at radius 3 is 1.17 bits per heavy atom. The number of hydrogen-bond donors (Lipinski definition) is 0. The first kappa shape index (κ1) is 15.9. The van der Waals surface area contributed by atoms with Crippen LogP contribution in [0, 0.1) is 0 Å². The molecule has 0 amide bonds. The molecule has 0 aromatic rings. The van der Waals surface area contributed by atoms with Crippen LogP contribution < -0.4 is 0 Å². The Bertz CT molecular complexity index is 15.5. The molecule has 0 aliphatic rings. The molecule has 0 atom stereocenters. The van der Waals surface area contributed by atoms with Crippen LogP contribution in [0.3, 0.4) is 0 Å². The van der Waals surface area contributed by atoms with Crippen LogP contribution in [0.25, 0.3) is 0 Å². The van der Waals surface area contributed by atoms with Crippen molar-refractivity contribution in [1.29, 1.82) is 0 Å². The van der Waals surface area contributed by atoms with Gasteiger partial charge in [-0.05, 0) is 0 Å². The van der Waals surface area contributed by atoms with Crippen LogP contribution in [0.2, 0.25) is 0 Å².